The molecular weight excluding hydrogens is 1450 g/mol. The van der Waals surface area contributed by atoms with E-state index >= 15 is 0 Å². The highest BCUT2D eigenvalue weighted by Gasteiger charge is 2.39. The Hall–Kier alpha value is -10.5. The van der Waals surface area contributed by atoms with Crippen molar-refractivity contribution in [2.45, 2.75) is 253 Å². The van der Waals surface area contributed by atoms with Gasteiger partial charge >= 0.3 is 11.9 Å². The van der Waals surface area contributed by atoms with Crippen LogP contribution in [0, 0.1) is 43.3 Å². The Kier molecular flexibility index (Phi) is 32.6. The molecule has 0 aliphatic rings. The van der Waals surface area contributed by atoms with Crippen LogP contribution >= 0.6 is 0 Å². The summed E-state index contributed by atoms with van der Waals surface area (Å²) in [6.07, 6.45) is 13.1. The highest BCUT2D eigenvalue weighted by molar-refractivity contribution is 6.06. The molecule has 4 aromatic carbocycles. The fraction of sp³-hybridized carbons (Fsp3) is 0.511. The van der Waals surface area contributed by atoms with Gasteiger partial charge in [0.15, 0.2) is 0 Å². The van der Waals surface area contributed by atoms with Crippen molar-refractivity contribution in [1.29, 1.82) is 0 Å². The number of Topliss-reactive ketones (excluding diaryl/α,β-unsaturated/α-hetero) is 4. The van der Waals surface area contributed by atoms with E-state index in [1.54, 1.807) is 27.7 Å². The molecule has 4 atom stereocenters. The second-order valence-corrected chi connectivity index (χ2v) is 36.8. The number of amides is 6. The average Bonchev–Trinajstić information content (AvgIpc) is 1.66. The molecule has 0 saturated carbocycles. The number of para-hydroxylation sites is 4. The lowest BCUT2D eigenvalue weighted by Gasteiger charge is -2.25. The van der Waals surface area contributed by atoms with Gasteiger partial charge in [-0.15, -0.1) is 0 Å². The molecule has 8 aromatic rings. The van der Waals surface area contributed by atoms with Crippen molar-refractivity contribution < 1.29 is 67.7 Å². The van der Waals surface area contributed by atoms with E-state index in [4.69, 9.17) is 11.5 Å². The molecule has 0 aliphatic carbocycles. The van der Waals surface area contributed by atoms with Crippen LogP contribution in [0.3, 0.4) is 0 Å². The normalized spacial score (nSPS) is 13.3. The predicted octanol–water partition coefficient (Wildman–Crippen LogP) is 14.4. The summed E-state index contributed by atoms with van der Waals surface area (Å²) in [5, 5.41) is 35.2. The van der Waals surface area contributed by atoms with Crippen molar-refractivity contribution in [2.75, 3.05) is 0 Å². The minimum atomic E-state index is -1.43. The van der Waals surface area contributed by atoms with Crippen LogP contribution in [-0.4, -0.2) is 125 Å². The number of aromatic nitrogens is 4. The third kappa shape index (κ3) is 27.9. The lowest BCUT2D eigenvalue weighted by atomic mass is 9.84. The van der Waals surface area contributed by atoms with E-state index in [0.717, 1.165) is 65.9 Å². The standard InChI is InChI=1S/C23H33N3O3.C23H32N2O4.C22H31N3O3.C22H30N2O4/c1-22(2,3)13-20(28)26-16(10-11-19(27)23(4,5)21(24)29)12-15-14-25-18-9-7-6-8-17(15)18;1-22(2,3)13-20(27)25-16(10-11-19(26)23(4,5)21(28)29)12-15-14-24-18-9-7-6-8-17(15)18;1-21(2,3)20(28)25-15(10-11-18(26)22(4,5)19(23)27)12-14-13-24-17-9-7-6-8-16(14)17;1-21(2,3)19(26)24-15(10-11-18(25)22(4,5)20(27)28)12-14-13-23-17-9-7-6-8-16(14)17/h6-9,14,16,25H,10-13H2,1-5H3,(H2,24,29)(H,26,28);6-9,14,16,24H,10-13H2,1-5H3,(H,25,27)(H,28,29);6-9,13,15,24H,10-12H2,1-5H3,(H2,23,27)(H,25,28);6-9,13,15,23H,10-12H2,1-5H3,(H,24,26)(H,27,28)/t2*16-;2*15-/m0000/s1. The monoisotopic (exact) mass is 1570 g/mol. The zero-order chi connectivity index (χ0) is 85.9. The molecule has 24 heteroatoms. The molecule has 0 fully saturated rings. The Labute approximate surface area is 671 Å². The molecule has 114 heavy (non-hydrogen) atoms. The minimum Gasteiger partial charge on any atom is -0.481 e. The molecule has 0 bridgehead atoms. The summed E-state index contributed by atoms with van der Waals surface area (Å²) in [7, 11) is 0. The van der Waals surface area contributed by atoms with Crippen LogP contribution in [0.2, 0.25) is 0 Å². The van der Waals surface area contributed by atoms with Gasteiger partial charge in [-0.1, -0.05) is 156 Å². The maximum atomic E-state index is 12.5. The van der Waals surface area contributed by atoms with Gasteiger partial charge in [0.25, 0.3) is 0 Å². The van der Waals surface area contributed by atoms with Crippen molar-refractivity contribution in [3.05, 3.63) is 144 Å². The number of carboxylic acid groups (broad SMARTS) is 2. The van der Waals surface area contributed by atoms with Crippen LogP contribution in [0.25, 0.3) is 43.6 Å². The molecule has 4 heterocycles. The number of nitrogens with one attached hydrogen (secondary N) is 8. The molecule has 6 amide bonds. The number of rotatable bonds is 34. The number of aromatic amines is 4. The lowest BCUT2D eigenvalue weighted by molar-refractivity contribution is -0.154. The first-order valence-electron chi connectivity index (χ1n) is 39.3. The summed E-state index contributed by atoms with van der Waals surface area (Å²) in [5.74, 6) is -4.90. The van der Waals surface area contributed by atoms with E-state index in [0.29, 0.717) is 64.2 Å². The maximum absolute atomic E-state index is 12.5. The number of fused-ring (bicyclic) bond motifs is 4. The fourth-order valence-corrected chi connectivity index (χ4v) is 12.5. The van der Waals surface area contributed by atoms with Crippen LogP contribution in [0.1, 0.15) is 225 Å². The van der Waals surface area contributed by atoms with Crippen LogP contribution in [0.15, 0.2) is 122 Å². The summed E-state index contributed by atoms with van der Waals surface area (Å²) in [4.78, 5) is 159. The van der Waals surface area contributed by atoms with Crippen molar-refractivity contribution in [3.8, 4) is 0 Å². The number of primary amides is 2. The SMILES string of the molecule is CC(C)(C)C(=O)N[C@@H](CCC(=O)C(C)(C)C(=O)O)Cc1c[nH]c2ccccc12.CC(C)(C)C(=O)N[C@@H](CCC(=O)C(C)(C)C(N)=O)Cc1c[nH]c2ccccc12.CC(C)(C)CC(=O)N[C@@H](CCC(=O)C(C)(C)C(=O)O)Cc1c[nH]c2ccccc12.CC(C)(C)CC(=O)N[C@@H](CCC(=O)C(C)(C)C(N)=O)Cc1c[nH]c2ccccc12. The van der Waals surface area contributed by atoms with E-state index in [2.05, 4.69) is 41.2 Å². The molecule has 0 unspecified atom stereocenters. The summed E-state index contributed by atoms with van der Waals surface area (Å²) in [6, 6.07) is 30.9. The molecule has 24 nitrogen and oxygen atoms in total. The number of hydrogen-bond donors (Lipinski definition) is 12. The number of nitrogens with two attached hydrogens (primary N) is 2. The predicted molar refractivity (Wildman–Crippen MR) is 449 cm³/mol. The molecule has 8 rings (SSSR count). The molecule has 620 valence electrons. The number of carboxylic acids is 2. The molecule has 14 N–H and O–H groups in total. The summed E-state index contributed by atoms with van der Waals surface area (Å²) in [6.45, 7) is 35.0. The third-order valence-electron chi connectivity index (χ3n) is 20.7. The summed E-state index contributed by atoms with van der Waals surface area (Å²) in [5.41, 5.74) is 12.5. The van der Waals surface area contributed by atoms with Gasteiger partial charge in [0.1, 0.15) is 44.8 Å². The second-order valence-electron chi connectivity index (χ2n) is 36.8. The van der Waals surface area contributed by atoms with Gasteiger partial charge < -0.3 is 62.9 Å². The lowest BCUT2D eigenvalue weighted by Crippen LogP contribution is -2.44. The van der Waals surface area contributed by atoms with E-state index in [1.165, 1.54) is 27.7 Å². The molecule has 0 saturated heterocycles. The first-order chi connectivity index (χ1) is 52.6. The van der Waals surface area contributed by atoms with Crippen molar-refractivity contribution >= 4 is 114 Å². The summed E-state index contributed by atoms with van der Waals surface area (Å²) >= 11 is 0. The molecule has 4 aromatic heterocycles. The quantitative estimate of drug-likeness (QED) is 0.0167. The van der Waals surface area contributed by atoms with E-state index in [9.17, 15) is 67.7 Å². The van der Waals surface area contributed by atoms with Crippen LogP contribution < -0.4 is 32.7 Å². The molecule has 0 radical (unpaired) electrons. The average molecular weight is 1570 g/mol. The van der Waals surface area contributed by atoms with Gasteiger partial charge in [-0.25, -0.2) is 0 Å². The Bertz CT molecular complexity index is 4410. The first-order valence-corrected chi connectivity index (χ1v) is 39.3. The number of ketones is 4. The topological polar surface area (TPSA) is 409 Å². The number of carbonyl (C=O) groups excluding carboxylic acids is 10. The Morgan fingerprint density at radius 1 is 0.325 bits per heavy atom. The van der Waals surface area contributed by atoms with E-state index in [1.807, 2.05) is 205 Å². The van der Waals surface area contributed by atoms with Gasteiger partial charge in [0, 0.05) is 142 Å². The zero-order valence-corrected chi connectivity index (χ0v) is 70.7. The fourth-order valence-electron chi connectivity index (χ4n) is 12.5. The summed E-state index contributed by atoms with van der Waals surface area (Å²) < 4.78 is 0. The highest BCUT2D eigenvalue weighted by Crippen LogP contribution is 2.31. The maximum Gasteiger partial charge on any atom is 0.316 e. The minimum absolute atomic E-state index is 0.0380. The second kappa shape index (κ2) is 39.5. The third-order valence-corrected chi connectivity index (χ3v) is 20.7. The molecule has 0 aliphatic heterocycles. The Morgan fingerprint density at radius 2 is 0.535 bits per heavy atom. The Morgan fingerprint density at radius 3 is 0.737 bits per heavy atom. The van der Waals surface area contributed by atoms with Crippen LogP contribution in [0.4, 0.5) is 0 Å². The van der Waals surface area contributed by atoms with Gasteiger partial charge in [0.2, 0.25) is 35.4 Å². The van der Waals surface area contributed by atoms with Crippen molar-refractivity contribution in [1.82, 2.24) is 41.2 Å². The zero-order valence-electron chi connectivity index (χ0n) is 70.7. The number of H-pyrrole nitrogens is 4. The van der Waals surface area contributed by atoms with Crippen molar-refractivity contribution in [2.24, 2.45) is 54.8 Å². The number of carbonyl (C=O) groups is 12. The van der Waals surface area contributed by atoms with Gasteiger partial charge in [-0.3, -0.25) is 57.5 Å². The molecular formula is C90H126N10O14. The number of benzene rings is 4. The number of aliphatic carboxylic acids is 2. The first kappa shape index (κ1) is 94.1. The van der Waals surface area contributed by atoms with Crippen LogP contribution in [-0.2, 0) is 83.2 Å². The van der Waals surface area contributed by atoms with Gasteiger partial charge in [0.05, 0.1) is 0 Å². The number of hydrogen-bond acceptors (Lipinski definition) is 12. The largest absolute Gasteiger partial charge is 0.481 e. The van der Waals surface area contributed by atoms with E-state index in [-0.39, 0.29) is 107 Å². The van der Waals surface area contributed by atoms with Gasteiger partial charge in [-0.05, 0) is 164 Å². The smallest absolute Gasteiger partial charge is 0.316 e. The molecule has 0 spiro atoms. The highest BCUT2D eigenvalue weighted by atomic mass is 16.4. The van der Waals surface area contributed by atoms with E-state index < -0.39 is 56.2 Å². The van der Waals surface area contributed by atoms with Crippen molar-refractivity contribution in [3.63, 3.8) is 0 Å². The van der Waals surface area contributed by atoms with Gasteiger partial charge in [-0.2, -0.15) is 0 Å². The van der Waals surface area contributed by atoms with Crippen LogP contribution in [0.5, 0.6) is 0 Å². The Balaban J connectivity index is 0.000000271.